The van der Waals surface area contributed by atoms with Gasteiger partial charge in [-0.05, 0) is 56.3 Å². The molecular weight excluding hydrogens is 489 g/mol. The first-order valence-electron chi connectivity index (χ1n) is 10.4. The van der Waals surface area contributed by atoms with E-state index in [9.17, 15) is 4.79 Å². The normalized spacial score (nSPS) is 11.5. The standard InChI is InChI=1S/C25H21Cl2N5OS/c1-16-7-13-20(14-8-16)32-24(18-9-11-19(26)12-10-18)30-31-25(32)34-15-23(33)29-28-17(2)21-5-3-4-6-22(21)27/h3-14H,15H2,1-2H3,(H,29,33). The first-order chi connectivity index (χ1) is 16.4. The van der Waals surface area contributed by atoms with Crippen LogP contribution in [0, 0.1) is 6.92 Å². The van der Waals surface area contributed by atoms with E-state index in [1.165, 1.54) is 11.8 Å². The van der Waals surface area contributed by atoms with Crippen LogP contribution in [0.15, 0.2) is 83.1 Å². The molecular formula is C25H21Cl2N5OS. The van der Waals surface area contributed by atoms with Crippen molar-refractivity contribution < 1.29 is 4.79 Å². The number of carbonyl (C=O) groups excluding carboxylic acids is 1. The summed E-state index contributed by atoms with van der Waals surface area (Å²) in [6.07, 6.45) is 0. The van der Waals surface area contributed by atoms with Crippen molar-refractivity contribution in [3.63, 3.8) is 0 Å². The van der Waals surface area contributed by atoms with Gasteiger partial charge < -0.3 is 0 Å². The third-order valence-corrected chi connectivity index (χ3v) is 6.48. The molecule has 0 aliphatic carbocycles. The zero-order chi connectivity index (χ0) is 24.1. The number of hydrazone groups is 1. The van der Waals surface area contributed by atoms with Crippen LogP contribution in [0.4, 0.5) is 0 Å². The van der Waals surface area contributed by atoms with Gasteiger partial charge >= 0.3 is 0 Å². The molecule has 34 heavy (non-hydrogen) atoms. The molecule has 0 aliphatic rings. The molecule has 0 radical (unpaired) electrons. The number of hydrogen-bond donors (Lipinski definition) is 1. The van der Waals surface area contributed by atoms with Gasteiger partial charge in [-0.25, -0.2) is 5.43 Å². The number of thioether (sulfide) groups is 1. The molecule has 9 heteroatoms. The summed E-state index contributed by atoms with van der Waals surface area (Å²) in [7, 11) is 0. The molecule has 1 aromatic heterocycles. The number of rotatable bonds is 7. The maximum atomic E-state index is 12.5. The molecule has 0 spiro atoms. The Balaban J connectivity index is 1.54. The Morgan fingerprint density at radius 3 is 2.41 bits per heavy atom. The van der Waals surface area contributed by atoms with E-state index in [2.05, 4.69) is 20.7 Å². The summed E-state index contributed by atoms with van der Waals surface area (Å²) in [5.41, 5.74) is 6.89. The van der Waals surface area contributed by atoms with Gasteiger partial charge in [0.2, 0.25) is 0 Å². The van der Waals surface area contributed by atoms with Gasteiger partial charge in [-0.15, -0.1) is 10.2 Å². The monoisotopic (exact) mass is 509 g/mol. The number of amides is 1. The SMILES string of the molecule is CC(=NNC(=O)CSc1nnc(-c2ccc(Cl)cc2)n1-c1ccc(C)cc1)c1ccccc1Cl. The number of hydrogen-bond acceptors (Lipinski definition) is 5. The Morgan fingerprint density at radius 2 is 1.71 bits per heavy atom. The van der Waals surface area contributed by atoms with Crippen LogP contribution >= 0.6 is 35.0 Å². The third-order valence-electron chi connectivity index (χ3n) is 4.97. The van der Waals surface area contributed by atoms with Crippen LogP contribution in [0.25, 0.3) is 17.1 Å². The van der Waals surface area contributed by atoms with E-state index in [1.807, 2.05) is 78.2 Å². The average Bonchev–Trinajstić information content (AvgIpc) is 3.26. The van der Waals surface area contributed by atoms with Gasteiger partial charge in [0.1, 0.15) is 0 Å². The van der Waals surface area contributed by atoms with Crippen molar-refractivity contribution in [2.24, 2.45) is 5.10 Å². The van der Waals surface area contributed by atoms with Crippen molar-refractivity contribution in [3.8, 4) is 17.1 Å². The van der Waals surface area contributed by atoms with Crippen LogP contribution in [-0.2, 0) is 4.79 Å². The fraction of sp³-hybridized carbons (Fsp3) is 0.120. The van der Waals surface area contributed by atoms with Crippen LogP contribution in [0.3, 0.4) is 0 Å². The van der Waals surface area contributed by atoms with Crippen LogP contribution in [-0.4, -0.2) is 32.1 Å². The van der Waals surface area contributed by atoms with E-state index in [1.54, 1.807) is 13.0 Å². The van der Waals surface area contributed by atoms with E-state index in [-0.39, 0.29) is 11.7 Å². The Hall–Kier alpha value is -3.13. The topological polar surface area (TPSA) is 72.2 Å². The Labute approximate surface area is 212 Å². The summed E-state index contributed by atoms with van der Waals surface area (Å²) in [4.78, 5) is 12.5. The Bertz CT molecular complexity index is 1330. The summed E-state index contributed by atoms with van der Waals surface area (Å²) in [5.74, 6) is 0.517. The van der Waals surface area contributed by atoms with Gasteiger partial charge in [0, 0.05) is 26.9 Å². The minimum absolute atomic E-state index is 0.115. The molecule has 172 valence electrons. The van der Waals surface area contributed by atoms with Crippen LogP contribution < -0.4 is 5.43 Å². The highest BCUT2D eigenvalue weighted by molar-refractivity contribution is 7.99. The fourth-order valence-corrected chi connectivity index (χ4v) is 4.34. The molecule has 1 N–H and O–H groups in total. The predicted octanol–water partition coefficient (Wildman–Crippen LogP) is 6.18. The first kappa shape index (κ1) is 24.0. The Kier molecular flexibility index (Phi) is 7.67. The number of aryl methyl sites for hydroxylation is 1. The molecule has 1 heterocycles. The summed E-state index contributed by atoms with van der Waals surface area (Å²) in [6.45, 7) is 3.82. The van der Waals surface area contributed by atoms with Crippen molar-refractivity contribution in [2.75, 3.05) is 5.75 Å². The van der Waals surface area contributed by atoms with E-state index >= 15 is 0 Å². The number of halogens is 2. The number of nitrogens with zero attached hydrogens (tertiary/aromatic N) is 4. The van der Waals surface area contributed by atoms with Crippen molar-refractivity contribution in [1.82, 2.24) is 20.2 Å². The second-order valence-electron chi connectivity index (χ2n) is 7.48. The molecule has 4 rings (SSSR count). The van der Waals surface area contributed by atoms with E-state index in [4.69, 9.17) is 23.2 Å². The lowest BCUT2D eigenvalue weighted by molar-refractivity contribution is -0.118. The average molecular weight is 510 g/mol. The minimum Gasteiger partial charge on any atom is -0.272 e. The van der Waals surface area contributed by atoms with Gasteiger partial charge in [0.25, 0.3) is 5.91 Å². The quantitative estimate of drug-likeness (QED) is 0.183. The molecule has 0 bridgehead atoms. The van der Waals surface area contributed by atoms with E-state index in [0.29, 0.717) is 26.7 Å². The maximum absolute atomic E-state index is 12.5. The predicted molar refractivity (Wildman–Crippen MR) is 139 cm³/mol. The van der Waals surface area contributed by atoms with Crippen molar-refractivity contribution in [3.05, 3.63) is 94.0 Å². The fourth-order valence-electron chi connectivity index (χ4n) is 3.20. The molecule has 0 fully saturated rings. The van der Waals surface area contributed by atoms with Crippen molar-refractivity contribution in [2.45, 2.75) is 19.0 Å². The van der Waals surface area contributed by atoms with Gasteiger partial charge in [0.05, 0.1) is 11.5 Å². The third kappa shape index (κ3) is 5.67. The molecule has 6 nitrogen and oxygen atoms in total. The lowest BCUT2D eigenvalue weighted by atomic mass is 10.1. The molecule has 0 unspecified atom stereocenters. The largest absolute Gasteiger partial charge is 0.272 e. The van der Waals surface area contributed by atoms with Gasteiger partial charge in [0.15, 0.2) is 11.0 Å². The molecule has 0 saturated carbocycles. The molecule has 4 aromatic rings. The summed E-state index contributed by atoms with van der Waals surface area (Å²) < 4.78 is 1.93. The van der Waals surface area contributed by atoms with Crippen LogP contribution in [0.5, 0.6) is 0 Å². The van der Waals surface area contributed by atoms with Crippen LogP contribution in [0.1, 0.15) is 18.1 Å². The first-order valence-corrected chi connectivity index (χ1v) is 12.2. The second-order valence-corrected chi connectivity index (χ2v) is 9.27. The molecule has 1 amide bonds. The van der Waals surface area contributed by atoms with E-state index in [0.717, 1.165) is 22.4 Å². The van der Waals surface area contributed by atoms with E-state index < -0.39 is 0 Å². The van der Waals surface area contributed by atoms with Crippen molar-refractivity contribution in [1.29, 1.82) is 0 Å². The molecule has 0 saturated heterocycles. The van der Waals surface area contributed by atoms with Gasteiger partial charge in [-0.3, -0.25) is 9.36 Å². The minimum atomic E-state index is -0.261. The van der Waals surface area contributed by atoms with Crippen LogP contribution in [0.2, 0.25) is 10.0 Å². The van der Waals surface area contributed by atoms with Gasteiger partial charge in [-0.1, -0.05) is 70.9 Å². The summed E-state index contributed by atoms with van der Waals surface area (Å²) in [6, 6.07) is 22.8. The highest BCUT2D eigenvalue weighted by atomic mass is 35.5. The summed E-state index contributed by atoms with van der Waals surface area (Å²) in [5, 5.41) is 14.7. The number of benzene rings is 3. The zero-order valence-corrected chi connectivity index (χ0v) is 20.8. The highest BCUT2D eigenvalue weighted by Crippen LogP contribution is 2.29. The Morgan fingerprint density at radius 1 is 1.00 bits per heavy atom. The smallest absolute Gasteiger partial charge is 0.250 e. The maximum Gasteiger partial charge on any atom is 0.250 e. The lowest BCUT2D eigenvalue weighted by Gasteiger charge is -2.11. The lowest BCUT2D eigenvalue weighted by Crippen LogP contribution is -2.21. The van der Waals surface area contributed by atoms with Crippen molar-refractivity contribution >= 4 is 46.6 Å². The molecule has 3 aromatic carbocycles. The zero-order valence-electron chi connectivity index (χ0n) is 18.5. The summed E-state index contributed by atoms with van der Waals surface area (Å²) >= 11 is 13.5. The second kappa shape index (κ2) is 10.9. The number of nitrogens with one attached hydrogen (secondary N) is 1. The molecule has 0 aliphatic heterocycles. The highest BCUT2D eigenvalue weighted by Gasteiger charge is 2.17. The molecule has 0 atom stereocenters. The van der Waals surface area contributed by atoms with Gasteiger partial charge in [-0.2, -0.15) is 5.10 Å². The number of aromatic nitrogens is 3. The number of carbonyl (C=O) groups is 1.